The van der Waals surface area contributed by atoms with Crippen LogP contribution in [-0.4, -0.2) is 11.2 Å². The van der Waals surface area contributed by atoms with Crippen molar-refractivity contribution in [1.29, 1.82) is 0 Å². The maximum Gasteiger partial charge on any atom is 0.164 e. The Bertz CT molecular complexity index is 1000. The molecular formula is C20H16F2N2. The van der Waals surface area contributed by atoms with Crippen molar-refractivity contribution in [1.82, 2.24) is 4.98 Å². The molecule has 1 fully saturated rings. The summed E-state index contributed by atoms with van der Waals surface area (Å²) < 4.78 is 28.1. The Morgan fingerprint density at radius 3 is 2.71 bits per heavy atom. The molecule has 2 nitrogen and oxygen atoms in total. The van der Waals surface area contributed by atoms with Gasteiger partial charge in [-0.15, -0.1) is 0 Å². The van der Waals surface area contributed by atoms with E-state index in [1.807, 2.05) is 24.4 Å². The Kier molecular flexibility index (Phi) is 2.62. The largest absolute Gasteiger partial charge is 0.356 e. The third-order valence-electron chi connectivity index (χ3n) is 5.57. The minimum absolute atomic E-state index is 0.0603. The second kappa shape index (κ2) is 4.53. The van der Waals surface area contributed by atoms with Crippen LogP contribution in [0.3, 0.4) is 0 Å². The van der Waals surface area contributed by atoms with Gasteiger partial charge in [0.1, 0.15) is 6.04 Å². The lowest BCUT2D eigenvalue weighted by molar-refractivity contribution is 0.493. The van der Waals surface area contributed by atoms with E-state index in [1.165, 1.54) is 11.6 Å². The second-order valence-electron chi connectivity index (χ2n) is 6.93. The van der Waals surface area contributed by atoms with Crippen molar-refractivity contribution >= 4 is 17.1 Å². The van der Waals surface area contributed by atoms with E-state index in [4.69, 9.17) is 0 Å². The summed E-state index contributed by atoms with van der Waals surface area (Å²) in [5, 5.41) is 1.16. The fourth-order valence-corrected chi connectivity index (χ4v) is 4.16. The zero-order chi connectivity index (χ0) is 16.5. The van der Waals surface area contributed by atoms with Crippen LogP contribution in [0.1, 0.15) is 36.2 Å². The van der Waals surface area contributed by atoms with Gasteiger partial charge in [-0.05, 0) is 30.0 Å². The highest BCUT2D eigenvalue weighted by molar-refractivity contribution is 5.95. The van der Waals surface area contributed by atoms with E-state index in [1.54, 1.807) is 6.07 Å². The van der Waals surface area contributed by atoms with E-state index in [2.05, 4.69) is 23.0 Å². The molecule has 1 saturated carbocycles. The van der Waals surface area contributed by atoms with Gasteiger partial charge in [0.05, 0.1) is 0 Å². The maximum atomic E-state index is 14.4. The molecule has 1 aliphatic carbocycles. The van der Waals surface area contributed by atoms with E-state index in [0.29, 0.717) is 5.92 Å². The van der Waals surface area contributed by atoms with E-state index >= 15 is 0 Å². The molecule has 4 heteroatoms. The SMILES string of the molecule is CC1CC12C=NC(c1cccc(F)c1F)c1[nH]c3ccccc3c12. The topological polar surface area (TPSA) is 28.1 Å². The highest BCUT2D eigenvalue weighted by Crippen LogP contribution is 2.59. The van der Waals surface area contributed by atoms with E-state index < -0.39 is 17.7 Å². The quantitative estimate of drug-likeness (QED) is 0.660. The number of H-pyrrole nitrogens is 1. The molecule has 1 spiro atoms. The molecule has 1 aromatic heterocycles. The van der Waals surface area contributed by atoms with Crippen LogP contribution in [-0.2, 0) is 5.41 Å². The van der Waals surface area contributed by atoms with Gasteiger partial charge in [0.25, 0.3) is 0 Å². The van der Waals surface area contributed by atoms with Crippen molar-refractivity contribution < 1.29 is 8.78 Å². The summed E-state index contributed by atoms with van der Waals surface area (Å²) >= 11 is 0. The summed E-state index contributed by atoms with van der Waals surface area (Å²) in [5.41, 5.74) is 3.34. The van der Waals surface area contributed by atoms with Crippen molar-refractivity contribution in [2.45, 2.75) is 24.8 Å². The zero-order valence-electron chi connectivity index (χ0n) is 13.2. The van der Waals surface area contributed by atoms with Gasteiger partial charge in [0.2, 0.25) is 0 Å². The van der Waals surface area contributed by atoms with E-state index in [0.717, 1.165) is 29.1 Å². The lowest BCUT2D eigenvalue weighted by atomic mass is 9.85. The minimum Gasteiger partial charge on any atom is -0.356 e. The molecule has 24 heavy (non-hydrogen) atoms. The molecule has 2 heterocycles. The molecule has 1 N–H and O–H groups in total. The van der Waals surface area contributed by atoms with Crippen LogP contribution in [0.2, 0.25) is 0 Å². The van der Waals surface area contributed by atoms with Gasteiger partial charge in [-0.3, -0.25) is 4.99 Å². The number of aliphatic imine (C=N–C) groups is 1. The van der Waals surface area contributed by atoms with Crippen molar-refractivity contribution in [2.24, 2.45) is 10.9 Å². The average Bonchev–Trinajstić information content (AvgIpc) is 3.05. The number of benzene rings is 2. The van der Waals surface area contributed by atoms with Gasteiger partial charge in [-0.25, -0.2) is 8.78 Å². The molecule has 1 aliphatic heterocycles. The number of fused-ring (bicyclic) bond motifs is 4. The van der Waals surface area contributed by atoms with Crippen LogP contribution in [0.25, 0.3) is 10.9 Å². The van der Waals surface area contributed by atoms with E-state index in [-0.39, 0.29) is 11.0 Å². The third kappa shape index (κ3) is 1.66. The molecular weight excluding hydrogens is 306 g/mol. The first-order valence-corrected chi connectivity index (χ1v) is 8.21. The summed E-state index contributed by atoms with van der Waals surface area (Å²) in [6.07, 6.45) is 3.01. The van der Waals surface area contributed by atoms with Crippen LogP contribution in [0.5, 0.6) is 0 Å². The molecule has 3 aromatic rings. The molecule has 120 valence electrons. The van der Waals surface area contributed by atoms with Gasteiger partial charge >= 0.3 is 0 Å². The number of rotatable bonds is 1. The summed E-state index contributed by atoms with van der Waals surface area (Å²) in [7, 11) is 0. The molecule has 2 aliphatic rings. The average molecular weight is 322 g/mol. The van der Waals surface area contributed by atoms with Crippen LogP contribution in [0.15, 0.2) is 47.5 Å². The Morgan fingerprint density at radius 2 is 1.92 bits per heavy atom. The molecule has 0 amide bonds. The number of nitrogens with one attached hydrogen (secondary N) is 1. The van der Waals surface area contributed by atoms with Crippen LogP contribution < -0.4 is 0 Å². The fraction of sp³-hybridized carbons (Fsp3) is 0.250. The lowest BCUT2D eigenvalue weighted by Crippen LogP contribution is -2.21. The van der Waals surface area contributed by atoms with Crippen LogP contribution >= 0.6 is 0 Å². The standard InChI is InChI=1S/C20H16F2N2/c1-11-9-20(11)10-23-18(13-6-4-7-14(21)17(13)22)19-16(20)12-5-2-3-8-15(12)24-19/h2-8,10-11,18,24H,9H2,1H3. The predicted molar refractivity (Wildman–Crippen MR) is 90.5 cm³/mol. The summed E-state index contributed by atoms with van der Waals surface area (Å²) in [4.78, 5) is 8.07. The zero-order valence-corrected chi connectivity index (χ0v) is 13.2. The first-order valence-electron chi connectivity index (χ1n) is 8.21. The van der Waals surface area contributed by atoms with Gasteiger partial charge in [-0.1, -0.05) is 37.3 Å². The lowest BCUT2D eigenvalue weighted by Gasteiger charge is -2.24. The van der Waals surface area contributed by atoms with Crippen molar-refractivity contribution in [3.63, 3.8) is 0 Å². The Morgan fingerprint density at radius 1 is 1.12 bits per heavy atom. The van der Waals surface area contributed by atoms with Crippen LogP contribution in [0, 0.1) is 17.6 Å². The van der Waals surface area contributed by atoms with Gasteiger partial charge in [0, 0.05) is 33.8 Å². The van der Waals surface area contributed by atoms with E-state index in [9.17, 15) is 8.78 Å². The third-order valence-corrected chi connectivity index (χ3v) is 5.57. The smallest absolute Gasteiger partial charge is 0.164 e. The minimum atomic E-state index is -0.833. The van der Waals surface area contributed by atoms with Crippen molar-refractivity contribution in [3.8, 4) is 0 Å². The fourth-order valence-electron chi connectivity index (χ4n) is 4.16. The summed E-state index contributed by atoms with van der Waals surface area (Å²) in [6, 6.07) is 11.9. The number of hydrogen-bond acceptors (Lipinski definition) is 1. The molecule has 3 atom stereocenters. The first kappa shape index (κ1) is 13.9. The number of para-hydroxylation sites is 1. The van der Waals surface area contributed by atoms with Gasteiger partial charge < -0.3 is 4.98 Å². The number of halogens is 2. The number of hydrogen-bond donors (Lipinski definition) is 1. The number of nitrogens with zero attached hydrogens (tertiary/aromatic N) is 1. The van der Waals surface area contributed by atoms with Crippen molar-refractivity contribution in [2.75, 3.05) is 0 Å². The molecule has 0 bridgehead atoms. The number of aromatic amines is 1. The van der Waals surface area contributed by atoms with Gasteiger partial charge in [0.15, 0.2) is 11.6 Å². The van der Waals surface area contributed by atoms with Gasteiger partial charge in [-0.2, -0.15) is 0 Å². The Labute approximate surface area is 138 Å². The monoisotopic (exact) mass is 322 g/mol. The molecule has 0 saturated heterocycles. The van der Waals surface area contributed by atoms with Crippen molar-refractivity contribution in [3.05, 3.63) is 70.9 Å². The molecule has 5 rings (SSSR count). The first-order chi connectivity index (χ1) is 11.6. The molecule has 2 aromatic carbocycles. The predicted octanol–water partition coefficient (Wildman–Crippen LogP) is 4.90. The summed E-state index contributed by atoms with van der Waals surface area (Å²) in [5.74, 6) is -1.14. The Hall–Kier alpha value is -2.49. The highest BCUT2D eigenvalue weighted by atomic mass is 19.2. The number of aromatic nitrogens is 1. The molecule has 0 radical (unpaired) electrons. The molecule has 3 unspecified atom stereocenters. The summed E-state index contributed by atoms with van der Waals surface area (Å²) in [6.45, 7) is 2.21. The highest BCUT2D eigenvalue weighted by Gasteiger charge is 2.55. The second-order valence-corrected chi connectivity index (χ2v) is 6.93. The normalized spacial score (nSPS) is 27.6. The van der Waals surface area contributed by atoms with Crippen LogP contribution in [0.4, 0.5) is 8.78 Å². The maximum absolute atomic E-state index is 14.4. The Balaban J connectivity index is 1.79.